The number of carboxylic acids is 2. The van der Waals surface area contributed by atoms with Crippen LogP contribution >= 0.6 is 0 Å². The number of nitrogens with two attached hydrogens (primary N) is 1. The number of aryl methyl sites for hydroxylation is 2. The molecule has 0 atom stereocenters. The highest BCUT2D eigenvalue weighted by molar-refractivity contribution is 5.93. The Bertz CT molecular complexity index is 1080. The molecule has 0 aromatic heterocycles. The molecule has 5 N–H and O–H groups in total. The number of aliphatic carboxylic acids is 2. The SMILES string of the molecule is Cc1cc(-c2ccc(NC(=O)CN3CCN(CC(=O)O)CCN(CC(=O)O)CC3)c(C)c2)ccc1N. The standard InChI is InChI=1S/C26H35N5O5/c1-18-13-20(3-5-22(18)27)21-4-6-23(19(2)14-21)28-24(32)15-29-7-9-30(16-25(33)34)11-12-31(10-8-29)17-26(35)36/h3-6,13-14H,7-12,15-17,27H2,1-2H3,(H,28,32)(H,33,34)(H,35,36). The highest BCUT2D eigenvalue weighted by Crippen LogP contribution is 2.27. The van der Waals surface area contributed by atoms with Gasteiger partial charge < -0.3 is 21.3 Å². The van der Waals surface area contributed by atoms with Crippen LogP contribution in [0.15, 0.2) is 36.4 Å². The fraction of sp³-hybridized carbons (Fsp3) is 0.423. The molecule has 1 heterocycles. The topological polar surface area (TPSA) is 139 Å². The second-order valence-corrected chi connectivity index (χ2v) is 9.27. The van der Waals surface area contributed by atoms with Gasteiger partial charge in [-0.2, -0.15) is 0 Å². The summed E-state index contributed by atoms with van der Waals surface area (Å²) in [7, 11) is 0. The molecule has 1 aliphatic rings. The zero-order valence-electron chi connectivity index (χ0n) is 20.9. The number of nitrogens with one attached hydrogen (secondary N) is 1. The number of carbonyl (C=O) groups is 3. The molecule has 2 aromatic carbocycles. The van der Waals surface area contributed by atoms with E-state index >= 15 is 0 Å². The van der Waals surface area contributed by atoms with Gasteiger partial charge in [0.25, 0.3) is 0 Å². The van der Waals surface area contributed by atoms with Crippen molar-refractivity contribution in [3.8, 4) is 11.1 Å². The summed E-state index contributed by atoms with van der Waals surface area (Å²) in [5.74, 6) is -2.05. The minimum Gasteiger partial charge on any atom is -0.480 e. The monoisotopic (exact) mass is 497 g/mol. The van der Waals surface area contributed by atoms with Crippen molar-refractivity contribution >= 4 is 29.2 Å². The van der Waals surface area contributed by atoms with Gasteiger partial charge in [0.2, 0.25) is 5.91 Å². The van der Waals surface area contributed by atoms with Gasteiger partial charge in [0.05, 0.1) is 19.6 Å². The second kappa shape index (κ2) is 12.5. The molecular formula is C26H35N5O5. The normalized spacial score (nSPS) is 16.1. The van der Waals surface area contributed by atoms with Gasteiger partial charge in [-0.25, -0.2) is 0 Å². The third-order valence-electron chi connectivity index (χ3n) is 6.39. The summed E-state index contributed by atoms with van der Waals surface area (Å²) in [5.41, 5.74) is 11.4. The molecule has 36 heavy (non-hydrogen) atoms. The number of hydrogen-bond donors (Lipinski definition) is 4. The van der Waals surface area contributed by atoms with E-state index in [1.807, 2.05) is 55.1 Å². The van der Waals surface area contributed by atoms with Crippen molar-refractivity contribution in [2.75, 3.05) is 70.0 Å². The van der Waals surface area contributed by atoms with E-state index in [1.165, 1.54) is 0 Å². The third kappa shape index (κ3) is 8.04. The number of anilines is 2. The van der Waals surface area contributed by atoms with Crippen LogP contribution in [0.25, 0.3) is 11.1 Å². The molecule has 0 radical (unpaired) electrons. The highest BCUT2D eigenvalue weighted by atomic mass is 16.4. The van der Waals surface area contributed by atoms with Gasteiger partial charge in [-0.1, -0.05) is 12.1 Å². The lowest BCUT2D eigenvalue weighted by Crippen LogP contribution is -2.41. The summed E-state index contributed by atoms with van der Waals surface area (Å²) in [4.78, 5) is 40.8. The Morgan fingerprint density at radius 1 is 0.750 bits per heavy atom. The quantitative estimate of drug-likeness (QED) is 0.400. The van der Waals surface area contributed by atoms with E-state index < -0.39 is 11.9 Å². The molecule has 10 nitrogen and oxygen atoms in total. The number of nitrogens with zero attached hydrogens (tertiary/aromatic N) is 3. The lowest BCUT2D eigenvalue weighted by atomic mass is 10.00. The van der Waals surface area contributed by atoms with Crippen molar-refractivity contribution in [2.24, 2.45) is 0 Å². The molecule has 1 saturated heterocycles. The van der Waals surface area contributed by atoms with Crippen molar-refractivity contribution in [1.29, 1.82) is 0 Å². The van der Waals surface area contributed by atoms with E-state index in [9.17, 15) is 24.6 Å². The van der Waals surface area contributed by atoms with E-state index in [4.69, 9.17) is 5.73 Å². The zero-order valence-corrected chi connectivity index (χ0v) is 20.9. The summed E-state index contributed by atoms with van der Waals surface area (Å²) in [6.45, 7) is 6.68. The molecule has 194 valence electrons. The van der Waals surface area contributed by atoms with Crippen LogP contribution < -0.4 is 11.1 Å². The Morgan fingerprint density at radius 3 is 1.64 bits per heavy atom. The van der Waals surface area contributed by atoms with E-state index in [0.717, 1.165) is 33.6 Å². The molecule has 1 fully saturated rings. The molecule has 2 aromatic rings. The summed E-state index contributed by atoms with van der Waals surface area (Å²) < 4.78 is 0. The molecule has 10 heteroatoms. The maximum atomic E-state index is 12.9. The number of hydrogen-bond acceptors (Lipinski definition) is 7. The summed E-state index contributed by atoms with van der Waals surface area (Å²) in [6.07, 6.45) is 0. The van der Waals surface area contributed by atoms with Crippen LogP contribution in [0.3, 0.4) is 0 Å². The van der Waals surface area contributed by atoms with Gasteiger partial charge in [0.15, 0.2) is 0 Å². The molecule has 0 bridgehead atoms. The first-order chi connectivity index (χ1) is 17.1. The minimum atomic E-state index is -0.934. The number of benzene rings is 2. The Kier molecular flexibility index (Phi) is 9.40. The van der Waals surface area contributed by atoms with E-state index in [2.05, 4.69) is 5.32 Å². The van der Waals surface area contributed by atoms with E-state index in [-0.39, 0.29) is 25.5 Å². The predicted molar refractivity (Wildman–Crippen MR) is 139 cm³/mol. The Balaban J connectivity index is 1.65. The third-order valence-corrected chi connectivity index (χ3v) is 6.39. The van der Waals surface area contributed by atoms with Crippen LogP contribution in [0.5, 0.6) is 0 Å². The summed E-state index contributed by atoms with van der Waals surface area (Å²) in [6, 6.07) is 11.8. The van der Waals surface area contributed by atoms with Crippen LogP contribution in [0.2, 0.25) is 0 Å². The smallest absolute Gasteiger partial charge is 0.317 e. The van der Waals surface area contributed by atoms with Crippen molar-refractivity contribution in [1.82, 2.24) is 14.7 Å². The molecule has 3 rings (SSSR count). The van der Waals surface area contributed by atoms with Crippen LogP contribution in [-0.2, 0) is 14.4 Å². The van der Waals surface area contributed by atoms with Crippen molar-refractivity contribution in [3.63, 3.8) is 0 Å². The lowest BCUT2D eigenvalue weighted by molar-refractivity contribution is -0.140. The largest absolute Gasteiger partial charge is 0.480 e. The van der Waals surface area contributed by atoms with Crippen molar-refractivity contribution in [3.05, 3.63) is 47.5 Å². The highest BCUT2D eigenvalue weighted by Gasteiger charge is 2.21. The number of nitrogen functional groups attached to an aromatic ring is 1. The molecule has 0 unspecified atom stereocenters. The molecule has 0 spiro atoms. The molecular weight excluding hydrogens is 462 g/mol. The Labute approximate surface area is 211 Å². The van der Waals surface area contributed by atoms with Crippen LogP contribution in [-0.4, -0.2) is 102 Å². The Morgan fingerprint density at radius 2 is 1.19 bits per heavy atom. The fourth-order valence-electron chi connectivity index (χ4n) is 4.27. The lowest BCUT2D eigenvalue weighted by Gasteiger charge is -2.24. The average molecular weight is 498 g/mol. The van der Waals surface area contributed by atoms with Gasteiger partial charge in [-0.3, -0.25) is 29.1 Å². The Hall–Kier alpha value is -3.47. The molecule has 0 aliphatic carbocycles. The fourth-order valence-corrected chi connectivity index (χ4v) is 4.27. The van der Waals surface area contributed by atoms with Gasteiger partial charge in [-0.05, 0) is 60.4 Å². The maximum Gasteiger partial charge on any atom is 0.317 e. The number of amides is 1. The first-order valence-corrected chi connectivity index (χ1v) is 12.0. The molecule has 0 saturated carbocycles. The van der Waals surface area contributed by atoms with Crippen LogP contribution in [0.1, 0.15) is 11.1 Å². The maximum absolute atomic E-state index is 12.9. The number of carbonyl (C=O) groups excluding carboxylic acids is 1. The average Bonchev–Trinajstić information content (AvgIpc) is 2.88. The van der Waals surface area contributed by atoms with Crippen LogP contribution in [0, 0.1) is 13.8 Å². The first-order valence-electron chi connectivity index (χ1n) is 12.0. The van der Waals surface area contributed by atoms with Crippen molar-refractivity contribution in [2.45, 2.75) is 13.8 Å². The molecule has 1 aliphatic heterocycles. The second-order valence-electron chi connectivity index (χ2n) is 9.27. The summed E-state index contributed by atoms with van der Waals surface area (Å²) in [5, 5.41) is 21.4. The van der Waals surface area contributed by atoms with Gasteiger partial charge >= 0.3 is 11.9 Å². The minimum absolute atomic E-state index is 0.125. The van der Waals surface area contributed by atoms with Crippen LogP contribution in [0.4, 0.5) is 11.4 Å². The van der Waals surface area contributed by atoms with E-state index in [0.29, 0.717) is 39.3 Å². The summed E-state index contributed by atoms with van der Waals surface area (Å²) >= 11 is 0. The van der Waals surface area contributed by atoms with Gasteiger partial charge in [0.1, 0.15) is 0 Å². The first kappa shape index (κ1) is 27.1. The number of carboxylic acid groups (broad SMARTS) is 2. The van der Waals surface area contributed by atoms with Gasteiger partial charge in [0, 0.05) is 50.6 Å². The van der Waals surface area contributed by atoms with E-state index in [1.54, 1.807) is 9.80 Å². The number of rotatable bonds is 8. The van der Waals surface area contributed by atoms with Crippen molar-refractivity contribution < 1.29 is 24.6 Å². The molecule has 1 amide bonds. The zero-order chi connectivity index (χ0) is 26.2. The van der Waals surface area contributed by atoms with Gasteiger partial charge in [-0.15, -0.1) is 0 Å². The predicted octanol–water partition coefficient (Wildman–Crippen LogP) is 1.58.